The van der Waals surface area contributed by atoms with Gasteiger partial charge < -0.3 is 25.1 Å². The lowest BCUT2D eigenvalue weighted by molar-refractivity contribution is 0.0996. The summed E-state index contributed by atoms with van der Waals surface area (Å²) in [5, 5.41) is 2.95. The van der Waals surface area contributed by atoms with Gasteiger partial charge in [0.2, 0.25) is 11.8 Å². The molecule has 1 fully saturated rings. The molecule has 3 aromatic rings. The predicted octanol–water partition coefficient (Wildman–Crippen LogP) is 2.86. The van der Waals surface area contributed by atoms with Gasteiger partial charge in [-0.15, -0.1) is 0 Å². The van der Waals surface area contributed by atoms with Gasteiger partial charge in [0.05, 0.1) is 30.7 Å². The summed E-state index contributed by atoms with van der Waals surface area (Å²) in [6, 6.07) is 8.29. The number of carbonyl (C=O) groups excluding carboxylic acids is 1. The van der Waals surface area contributed by atoms with E-state index in [0.717, 1.165) is 18.9 Å². The minimum atomic E-state index is -0.783. The predicted molar refractivity (Wildman–Crippen MR) is 106 cm³/mol. The van der Waals surface area contributed by atoms with Crippen LogP contribution in [0.1, 0.15) is 16.1 Å². The van der Waals surface area contributed by atoms with Gasteiger partial charge in [-0.2, -0.15) is 0 Å². The minimum Gasteiger partial charge on any atom is -0.419 e. The van der Waals surface area contributed by atoms with Crippen molar-refractivity contribution in [3.63, 3.8) is 0 Å². The van der Waals surface area contributed by atoms with Crippen LogP contribution < -0.4 is 16.0 Å². The van der Waals surface area contributed by atoms with Crippen LogP contribution in [0.2, 0.25) is 0 Å². The summed E-state index contributed by atoms with van der Waals surface area (Å²) in [6.45, 7) is 4.62. The number of oxazole rings is 1. The fourth-order valence-electron chi connectivity index (χ4n) is 3.15. The first kappa shape index (κ1) is 18.9. The number of ether oxygens (including phenoxy) is 1. The standard InChI is InChI=1S/C20H20FN5O3/c1-12-3-2-4-14(21)16(12)19-25-17(18(22)27)20(29-19)24-13-5-6-15(23-11-13)26-7-9-28-10-8-26/h2-6,11,24H,7-10H2,1H3,(H2,22,27). The van der Waals surface area contributed by atoms with Gasteiger partial charge in [0.1, 0.15) is 11.6 Å². The van der Waals surface area contributed by atoms with Crippen LogP contribution in [0.4, 0.5) is 21.8 Å². The van der Waals surface area contributed by atoms with Crippen molar-refractivity contribution in [2.24, 2.45) is 5.73 Å². The number of amides is 1. The molecule has 0 saturated carbocycles. The molecule has 1 aliphatic heterocycles. The van der Waals surface area contributed by atoms with Crippen molar-refractivity contribution in [3.8, 4) is 11.5 Å². The molecular weight excluding hydrogens is 377 g/mol. The molecule has 0 aliphatic carbocycles. The first-order valence-corrected chi connectivity index (χ1v) is 9.15. The van der Waals surface area contributed by atoms with Crippen molar-refractivity contribution < 1.29 is 18.3 Å². The third-order valence-corrected chi connectivity index (χ3v) is 4.64. The SMILES string of the molecule is Cc1cccc(F)c1-c1nc(C(N)=O)c(Nc2ccc(N3CCOCC3)nc2)o1. The van der Waals surface area contributed by atoms with Crippen molar-refractivity contribution in [1.29, 1.82) is 0 Å². The lowest BCUT2D eigenvalue weighted by atomic mass is 10.1. The first-order chi connectivity index (χ1) is 14.0. The fourth-order valence-corrected chi connectivity index (χ4v) is 3.15. The minimum absolute atomic E-state index is 0.0187. The first-order valence-electron chi connectivity index (χ1n) is 9.15. The summed E-state index contributed by atoms with van der Waals surface area (Å²) in [5.74, 6) is -0.431. The average molecular weight is 397 g/mol. The number of aromatic nitrogens is 2. The van der Waals surface area contributed by atoms with E-state index >= 15 is 0 Å². The second-order valence-electron chi connectivity index (χ2n) is 6.62. The van der Waals surface area contributed by atoms with Crippen molar-refractivity contribution in [3.05, 3.63) is 53.6 Å². The van der Waals surface area contributed by atoms with Gasteiger partial charge in [-0.25, -0.2) is 14.4 Å². The van der Waals surface area contributed by atoms with Crippen LogP contribution in [0.5, 0.6) is 0 Å². The normalized spacial score (nSPS) is 14.1. The number of morpholine rings is 1. The molecule has 2 aromatic heterocycles. The molecule has 8 nitrogen and oxygen atoms in total. The average Bonchev–Trinajstić information content (AvgIpc) is 3.13. The smallest absolute Gasteiger partial charge is 0.273 e. The van der Waals surface area contributed by atoms with Crippen LogP contribution in [0.25, 0.3) is 11.5 Å². The molecule has 9 heteroatoms. The largest absolute Gasteiger partial charge is 0.419 e. The van der Waals surface area contributed by atoms with Gasteiger partial charge >= 0.3 is 0 Å². The highest BCUT2D eigenvalue weighted by Gasteiger charge is 2.22. The van der Waals surface area contributed by atoms with Crippen molar-refractivity contribution in [2.45, 2.75) is 6.92 Å². The van der Waals surface area contributed by atoms with Crippen molar-refractivity contribution >= 4 is 23.3 Å². The maximum absolute atomic E-state index is 14.3. The van der Waals surface area contributed by atoms with Crippen molar-refractivity contribution in [2.75, 3.05) is 36.5 Å². The second kappa shape index (κ2) is 7.88. The van der Waals surface area contributed by atoms with E-state index in [0.29, 0.717) is 24.5 Å². The van der Waals surface area contributed by atoms with E-state index in [9.17, 15) is 9.18 Å². The lowest BCUT2D eigenvalue weighted by Gasteiger charge is -2.27. The van der Waals surface area contributed by atoms with Crippen LogP contribution >= 0.6 is 0 Å². The molecule has 1 amide bonds. The molecule has 0 bridgehead atoms. The third kappa shape index (κ3) is 3.90. The highest BCUT2D eigenvalue weighted by molar-refractivity contribution is 5.96. The van der Waals surface area contributed by atoms with E-state index in [2.05, 4.69) is 20.2 Å². The Morgan fingerprint density at radius 1 is 1.24 bits per heavy atom. The summed E-state index contributed by atoms with van der Waals surface area (Å²) in [7, 11) is 0. The van der Waals surface area contributed by atoms with E-state index in [1.165, 1.54) is 6.07 Å². The summed E-state index contributed by atoms with van der Waals surface area (Å²) < 4.78 is 25.3. The Kier molecular flexibility index (Phi) is 5.13. The number of anilines is 3. The van der Waals surface area contributed by atoms with E-state index in [-0.39, 0.29) is 23.0 Å². The molecule has 0 spiro atoms. The summed E-state index contributed by atoms with van der Waals surface area (Å²) in [6.07, 6.45) is 1.62. The van der Waals surface area contributed by atoms with E-state index in [1.54, 1.807) is 31.3 Å². The number of hydrogen-bond donors (Lipinski definition) is 2. The van der Waals surface area contributed by atoms with Gasteiger partial charge in [0.15, 0.2) is 5.69 Å². The van der Waals surface area contributed by atoms with Crippen LogP contribution in [0.3, 0.4) is 0 Å². The van der Waals surface area contributed by atoms with Crippen LogP contribution in [-0.2, 0) is 4.74 Å². The van der Waals surface area contributed by atoms with E-state index < -0.39 is 11.7 Å². The number of rotatable bonds is 5. The Morgan fingerprint density at radius 2 is 2.03 bits per heavy atom. The number of nitrogens with zero attached hydrogens (tertiary/aromatic N) is 3. The molecule has 0 atom stereocenters. The molecule has 3 N–H and O–H groups in total. The molecule has 0 radical (unpaired) electrons. The van der Waals surface area contributed by atoms with Crippen molar-refractivity contribution in [1.82, 2.24) is 9.97 Å². The molecular formula is C20H20FN5O3. The highest BCUT2D eigenvalue weighted by Crippen LogP contribution is 2.31. The molecule has 150 valence electrons. The third-order valence-electron chi connectivity index (χ3n) is 4.64. The molecule has 4 rings (SSSR count). The summed E-state index contributed by atoms with van der Waals surface area (Å²) in [5.41, 5.74) is 6.71. The van der Waals surface area contributed by atoms with E-state index in [1.807, 2.05) is 6.07 Å². The van der Waals surface area contributed by atoms with Gasteiger partial charge in [0.25, 0.3) is 5.91 Å². The Labute approximate surface area is 166 Å². The summed E-state index contributed by atoms with van der Waals surface area (Å²) in [4.78, 5) is 22.5. The number of aryl methyl sites for hydroxylation is 1. The van der Waals surface area contributed by atoms with Crippen LogP contribution in [0, 0.1) is 12.7 Å². The topological polar surface area (TPSA) is 107 Å². The zero-order valence-corrected chi connectivity index (χ0v) is 15.8. The number of nitrogens with one attached hydrogen (secondary N) is 1. The fraction of sp³-hybridized carbons (Fsp3) is 0.250. The molecule has 29 heavy (non-hydrogen) atoms. The Hall–Kier alpha value is -3.46. The van der Waals surface area contributed by atoms with Gasteiger partial charge in [-0.1, -0.05) is 12.1 Å². The van der Waals surface area contributed by atoms with Gasteiger partial charge in [0, 0.05) is 13.1 Å². The quantitative estimate of drug-likeness (QED) is 0.682. The number of halogens is 1. The monoisotopic (exact) mass is 397 g/mol. The zero-order valence-electron chi connectivity index (χ0n) is 15.8. The number of nitrogens with two attached hydrogens (primary N) is 1. The van der Waals surface area contributed by atoms with Crippen LogP contribution in [-0.4, -0.2) is 42.2 Å². The van der Waals surface area contributed by atoms with Gasteiger partial charge in [-0.3, -0.25) is 4.79 Å². The van der Waals surface area contributed by atoms with Gasteiger partial charge in [-0.05, 0) is 30.7 Å². The molecule has 1 aromatic carbocycles. The highest BCUT2D eigenvalue weighted by atomic mass is 19.1. The molecule has 0 unspecified atom stereocenters. The second-order valence-corrected chi connectivity index (χ2v) is 6.62. The van der Waals surface area contributed by atoms with E-state index in [4.69, 9.17) is 14.9 Å². The Balaban J connectivity index is 1.61. The molecule has 1 aliphatic rings. The Bertz CT molecular complexity index is 1010. The maximum atomic E-state index is 14.3. The lowest BCUT2D eigenvalue weighted by Crippen LogP contribution is -2.36. The van der Waals surface area contributed by atoms with Crippen LogP contribution in [0.15, 0.2) is 40.9 Å². The molecule has 3 heterocycles. The maximum Gasteiger partial charge on any atom is 0.273 e. The number of benzene rings is 1. The number of hydrogen-bond acceptors (Lipinski definition) is 7. The number of pyridine rings is 1. The number of carbonyl (C=O) groups is 1. The molecule has 1 saturated heterocycles. The zero-order chi connectivity index (χ0) is 20.4. The number of primary amides is 1. The Morgan fingerprint density at radius 3 is 2.69 bits per heavy atom. The summed E-state index contributed by atoms with van der Waals surface area (Å²) >= 11 is 0.